The summed E-state index contributed by atoms with van der Waals surface area (Å²) in [4.78, 5) is 27.5. The fraction of sp³-hybridized carbons (Fsp3) is 0.882. The highest BCUT2D eigenvalue weighted by Crippen LogP contribution is 2.37. The van der Waals surface area contributed by atoms with Crippen molar-refractivity contribution < 1.29 is 9.59 Å². The summed E-state index contributed by atoms with van der Waals surface area (Å²) in [6.07, 6.45) is 12.1. The van der Waals surface area contributed by atoms with E-state index >= 15 is 0 Å². The molecule has 0 aromatic carbocycles. The molecule has 1 unspecified atom stereocenters. The third-order valence-electron chi connectivity index (χ3n) is 5.73. The first-order valence-corrected chi connectivity index (χ1v) is 8.79. The molecule has 3 fully saturated rings. The van der Waals surface area contributed by atoms with E-state index in [0.717, 1.165) is 38.5 Å². The van der Waals surface area contributed by atoms with Gasteiger partial charge in [-0.1, -0.05) is 44.9 Å². The second-order valence-corrected chi connectivity index (χ2v) is 7.17. The predicted molar refractivity (Wildman–Crippen MR) is 81.8 cm³/mol. The van der Waals surface area contributed by atoms with Crippen molar-refractivity contribution in [3.63, 3.8) is 0 Å². The molecule has 0 aromatic heterocycles. The van der Waals surface area contributed by atoms with Crippen molar-refractivity contribution in [2.24, 2.45) is 0 Å². The molecule has 4 nitrogen and oxygen atoms in total. The van der Waals surface area contributed by atoms with E-state index in [9.17, 15) is 9.59 Å². The highest BCUT2D eigenvalue weighted by molar-refractivity contribution is 6.00. The zero-order chi connectivity index (χ0) is 14.9. The van der Waals surface area contributed by atoms with Crippen molar-refractivity contribution in [3.05, 3.63) is 0 Å². The van der Waals surface area contributed by atoms with Crippen molar-refractivity contribution in [3.8, 4) is 0 Å². The summed E-state index contributed by atoms with van der Waals surface area (Å²) >= 11 is 0. The monoisotopic (exact) mass is 292 g/mol. The minimum atomic E-state index is -0.564. The maximum Gasteiger partial charge on any atom is 0.249 e. The molecule has 3 aliphatic rings. The van der Waals surface area contributed by atoms with Crippen LogP contribution in [-0.2, 0) is 9.59 Å². The number of nitrogens with one attached hydrogen (secondary N) is 1. The molecule has 21 heavy (non-hydrogen) atoms. The average Bonchev–Trinajstić information content (AvgIpc) is 2.88. The van der Waals surface area contributed by atoms with Gasteiger partial charge in [0.2, 0.25) is 11.8 Å². The first-order valence-electron chi connectivity index (χ1n) is 8.79. The molecule has 1 atom stereocenters. The van der Waals surface area contributed by atoms with Crippen LogP contribution in [0, 0.1) is 0 Å². The summed E-state index contributed by atoms with van der Waals surface area (Å²) in [6, 6.07) is -0.0236. The van der Waals surface area contributed by atoms with Crippen molar-refractivity contribution in [2.45, 2.75) is 95.2 Å². The Bertz CT molecular complexity index is 407. The first-order chi connectivity index (χ1) is 10.1. The number of hydrogen-bond donors (Lipinski definition) is 1. The van der Waals surface area contributed by atoms with E-state index in [1.807, 2.05) is 11.8 Å². The molecule has 0 radical (unpaired) electrons. The molecule has 1 N–H and O–H groups in total. The molecule has 4 heteroatoms. The number of carbonyl (C=O) groups is 2. The van der Waals surface area contributed by atoms with Crippen LogP contribution >= 0.6 is 0 Å². The molecular weight excluding hydrogens is 264 g/mol. The Kier molecular flexibility index (Phi) is 4.23. The van der Waals surface area contributed by atoms with Gasteiger partial charge in [0.05, 0.1) is 0 Å². The van der Waals surface area contributed by atoms with Crippen LogP contribution in [0.15, 0.2) is 0 Å². The highest BCUT2D eigenvalue weighted by Gasteiger charge is 2.52. The zero-order valence-electron chi connectivity index (χ0n) is 13.2. The second-order valence-electron chi connectivity index (χ2n) is 7.17. The minimum absolute atomic E-state index is 0.0542. The summed E-state index contributed by atoms with van der Waals surface area (Å²) < 4.78 is 0. The van der Waals surface area contributed by atoms with Crippen molar-refractivity contribution in [2.75, 3.05) is 0 Å². The van der Waals surface area contributed by atoms with E-state index < -0.39 is 5.54 Å². The second kappa shape index (κ2) is 5.98. The lowest BCUT2D eigenvalue weighted by atomic mass is 9.87. The van der Waals surface area contributed by atoms with Crippen LogP contribution in [-0.4, -0.2) is 34.3 Å². The molecule has 1 aliphatic heterocycles. The Morgan fingerprint density at radius 1 is 0.952 bits per heavy atom. The van der Waals surface area contributed by atoms with E-state index in [0.29, 0.717) is 0 Å². The number of hydrogen-bond acceptors (Lipinski definition) is 2. The van der Waals surface area contributed by atoms with Gasteiger partial charge in [0.25, 0.3) is 0 Å². The molecular formula is C17H28N2O2. The van der Waals surface area contributed by atoms with Crippen LogP contribution in [0.5, 0.6) is 0 Å². The zero-order valence-corrected chi connectivity index (χ0v) is 13.2. The Balaban J connectivity index is 1.82. The van der Waals surface area contributed by atoms with Gasteiger partial charge in [-0.15, -0.1) is 0 Å². The Labute approximate surface area is 127 Å². The average molecular weight is 292 g/mol. The van der Waals surface area contributed by atoms with Crippen LogP contribution < -0.4 is 5.32 Å². The fourth-order valence-corrected chi connectivity index (χ4v) is 4.46. The van der Waals surface area contributed by atoms with E-state index in [1.54, 1.807) is 0 Å². The molecule has 118 valence electrons. The van der Waals surface area contributed by atoms with Gasteiger partial charge < -0.3 is 10.2 Å². The molecule has 2 amide bonds. The number of carbonyl (C=O) groups excluding carboxylic acids is 2. The van der Waals surface area contributed by atoms with Gasteiger partial charge in [0.15, 0.2) is 0 Å². The molecule has 0 bridgehead atoms. The predicted octanol–water partition coefficient (Wildman–Crippen LogP) is 2.76. The van der Waals surface area contributed by atoms with E-state index in [4.69, 9.17) is 0 Å². The van der Waals surface area contributed by atoms with Gasteiger partial charge in [-0.25, -0.2) is 0 Å². The smallest absolute Gasteiger partial charge is 0.249 e. The maximum atomic E-state index is 13.1. The van der Waals surface area contributed by atoms with Gasteiger partial charge >= 0.3 is 0 Å². The lowest BCUT2D eigenvalue weighted by molar-refractivity contribution is -0.157. The number of amides is 2. The van der Waals surface area contributed by atoms with Crippen LogP contribution in [0.4, 0.5) is 0 Å². The summed E-state index contributed by atoms with van der Waals surface area (Å²) in [5.74, 6) is 0.260. The van der Waals surface area contributed by atoms with Gasteiger partial charge in [-0.2, -0.15) is 0 Å². The normalized spacial score (nSPS) is 31.1. The molecule has 1 heterocycles. The number of piperazine rings is 1. The van der Waals surface area contributed by atoms with E-state index in [2.05, 4.69) is 5.32 Å². The van der Waals surface area contributed by atoms with Crippen LogP contribution in [0.3, 0.4) is 0 Å². The highest BCUT2D eigenvalue weighted by atomic mass is 16.2. The summed E-state index contributed by atoms with van der Waals surface area (Å²) in [7, 11) is 0. The van der Waals surface area contributed by atoms with Gasteiger partial charge in [-0.05, 0) is 32.6 Å². The van der Waals surface area contributed by atoms with Crippen LogP contribution in [0.2, 0.25) is 0 Å². The molecule has 3 rings (SSSR count). The number of nitrogens with zero attached hydrogens (tertiary/aromatic N) is 1. The molecule has 2 saturated carbocycles. The van der Waals surface area contributed by atoms with Gasteiger partial charge in [-0.3, -0.25) is 9.59 Å². The molecule has 2 aliphatic carbocycles. The fourth-order valence-electron chi connectivity index (χ4n) is 4.46. The topological polar surface area (TPSA) is 49.4 Å². The number of rotatable bonds is 1. The van der Waals surface area contributed by atoms with Gasteiger partial charge in [0, 0.05) is 6.04 Å². The largest absolute Gasteiger partial charge is 0.340 e. The standard InChI is InChI=1S/C17H28N2O2/c1-13-15(20)18-17(11-7-8-12-17)16(21)19(13)14-9-5-3-2-4-6-10-14/h13-14H,2-12H2,1H3,(H,18,20). The lowest BCUT2D eigenvalue weighted by Gasteiger charge is -2.47. The Morgan fingerprint density at radius 2 is 1.52 bits per heavy atom. The Morgan fingerprint density at radius 3 is 2.14 bits per heavy atom. The first kappa shape index (κ1) is 14.9. The molecule has 1 saturated heterocycles. The van der Waals surface area contributed by atoms with Crippen molar-refractivity contribution >= 4 is 11.8 Å². The minimum Gasteiger partial charge on any atom is -0.340 e. The maximum absolute atomic E-state index is 13.1. The van der Waals surface area contributed by atoms with Crippen molar-refractivity contribution in [1.82, 2.24) is 10.2 Å². The Hall–Kier alpha value is -1.06. The summed E-state index contributed by atoms with van der Waals surface area (Å²) in [5, 5.41) is 3.06. The van der Waals surface area contributed by atoms with E-state index in [-0.39, 0.29) is 23.9 Å². The summed E-state index contributed by atoms with van der Waals surface area (Å²) in [5.41, 5.74) is -0.564. The summed E-state index contributed by atoms with van der Waals surface area (Å²) in [6.45, 7) is 1.90. The molecule has 1 spiro atoms. The third kappa shape index (κ3) is 2.69. The van der Waals surface area contributed by atoms with E-state index in [1.165, 1.54) is 32.1 Å². The van der Waals surface area contributed by atoms with Crippen LogP contribution in [0.25, 0.3) is 0 Å². The van der Waals surface area contributed by atoms with Crippen molar-refractivity contribution in [1.29, 1.82) is 0 Å². The SMILES string of the molecule is CC1C(=O)NC2(CCCC2)C(=O)N1C1CCCCCCC1. The third-order valence-corrected chi connectivity index (χ3v) is 5.73. The van der Waals surface area contributed by atoms with Gasteiger partial charge in [0.1, 0.15) is 11.6 Å². The molecule has 0 aromatic rings. The quantitative estimate of drug-likeness (QED) is 0.808. The van der Waals surface area contributed by atoms with Crippen LogP contribution in [0.1, 0.15) is 77.6 Å². The lowest BCUT2D eigenvalue weighted by Crippen LogP contribution is -2.70.